The van der Waals surface area contributed by atoms with E-state index in [4.69, 9.17) is 0 Å². The minimum atomic E-state index is -0.144. The lowest BCUT2D eigenvalue weighted by Gasteiger charge is -2.31. The highest BCUT2D eigenvalue weighted by atomic mass is 32.1. The molecule has 1 aliphatic heterocycles. The van der Waals surface area contributed by atoms with Crippen molar-refractivity contribution in [1.29, 1.82) is 0 Å². The molecule has 0 bridgehead atoms. The van der Waals surface area contributed by atoms with Crippen LogP contribution >= 0.6 is 11.3 Å². The van der Waals surface area contributed by atoms with Crippen LogP contribution in [-0.4, -0.2) is 34.8 Å². The van der Waals surface area contributed by atoms with E-state index in [1.54, 1.807) is 4.90 Å². The third-order valence-electron chi connectivity index (χ3n) is 4.72. The summed E-state index contributed by atoms with van der Waals surface area (Å²) in [5, 5.41) is 3.50. The van der Waals surface area contributed by atoms with Gasteiger partial charge in [0, 0.05) is 24.6 Å². The molecule has 4 rings (SSSR count). The zero-order valence-electron chi connectivity index (χ0n) is 14.2. The number of benzene rings is 2. The molecule has 0 unspecified atom stereocenters. The van der Waals surface area contributed by atoms with Gasteiger partial charge in [-0.05, 0) is 25.0 Å². The number of ketones is 1. The van der Waals surface area contributed by atoms with Gasteiger partial charge in [0.25, 0.3) is 0 Å². The second-order valence-electron chi connectivity index (χ2n) is 6.41. The topological polar surface area (TPSA) is 62.3 Å². The maximum atomic E-state index is 12.5. The molecule has 0 saturated carbocycles. The van der Waals surface area contributed by atoms with Gasteiger partial charge in [0.15, 0.2) is 10.9 Å². The molecule has 3 aromatic rings. The van der Waals surface area contributed by atoms with Gasteiger partial charge in [-0.25, -0.2) is 9.78 Å². The second kappa shape index (κ2) is 7.25. The molecule has 2 amide bonds. The number of amides is 2. The molecule has 0 spiro atoms. The summed E-state index contributed by atoms with van der Waals surface area (Å²) < 4.78 is 1.05. The van der Waals surface area contributed by atoms with Crippen LogP contribution in [0.15, 0.2) is 54.6 Å². The van der Waals surface area contributed by atoms with Gasteiger partial charge in [-0.15, -0.1) is 0 Å². The Morgan fingerprint density at radius 3 is 2.42 bits per heavy atom. The molecule has 0 radical (unpaired) electrons. The van der Waals surface area contributed by atoms with Crippen molar-refractivity contribution >= 4 is 38.5 Å². The fraction of sp³-hybridized carbons (Fsp3) is 0.250. The maximum Gasteiger partial charge on any atom is 0.323 e. The van der Waals surface area contributed by atoms with Crippen LogP contribution in [0.2, 0.25) is 0 Å². The predicted molar refractivity (Wildman–Crippen MR) is 104 cm³/mol. The summed E-state index contributed by atoms with van der Waals surface area (Å²) in [7, 11) is 0. The standard InChI is InChI=1S/C20H19N3O2S/c24-18(14-6-2-1-3-7-14)15-10-12-23(13-11-15)20(25)22-19-21-16-8-4-5-9-17(16)26-19/h1-9,15H,10-13H2,(H,21,22,25). The van der Waals surface area contributed by atoms with Crippen LogP contribution in [0, 0.1) is 5.92 Å². The van der Waals surface area contributed by atoms with E-state index in [-0.39, 0.29) is 17.7 Å². The highest BCUT2D eigenvalue weighted by Gasteiger charge is 2.28. The first-order valence-electron chi connectivity index (χ1n) is 8.71. The minimum Gasteiger partial charge on any atom is -0.324 e. The highest BCUT2D eigenvalue weighted by molar-refractivity contribution is 7.22. The zero-order chi connectivity index (χ0) is 17.9. The van der Waals surface area contributed by atoms with Gasteiger partial charge < -0.3 is 4.90 Å². The Hall–Kier alpha value is -2.73. The lowest BCUT2D eigenvalue weighted by Crippen LogP contribution is -2.42. The van der Waals surface area contributed by atoms with Crippen molar-refractivity contribution in [2.24, 2.45) is 5.92 Å². The Labute approximate surface area is 155 Å². The third-order valence-corrected chi connectivity index (χ3v) is 5.67. The number of hydrogen-bond donors (Lipinski definition) is 1. The molecule has 1 saturated heterocycles. The van der Waals surface area contributed by atoms with Gasteiger partial charge in [0.2, 0.25) is 0 Å². The average Bonchev–Trinajstić information content (AvgIpc) is 3.10. The number of urea groups is 1. The number of carbonyl (C=O) groups excluding carboxylic acids is 2. The zero-order valence-corrected chi connectivity index (χ0v) is 15.0. The summed E-state index contributed by atoms with van der Waals surface area (Å²) in [5.74, 6) is 0.167. The number of carbonyl (C=O) groups is 2. The number of para-hydroxylation sites is 1. The van der Waals surface area contributed by atoms with Gasteiger partial charge in [0.05, 0.1) is 10.2 Å². The second-order valence-corrected chi connectivity index (χ2v) is 7.44. The van der Waals surface area contributed by atoms with Gasteiger partial charge >= 0.3 is 6.03 Å². The van der Waals surface area contributed by atoms with E-state index >= 15 is 0 Å². The molecule has 0 atom stereocenters. The van der Waals surface area contributed by atoms with Crippen molar-refractivity contribution in [3.8, 4) is 0 Å². The number of hydrogen-bond acceptors (Lipinski definition) is 4. The summed E-state index contributed by atoms with van der Waals surface area (Å²) >= 11 is 1.47. The summed E-state index contributed by atoms with van der Waals surface area (Å²) in [6.45, 7) is 1.17. The summed E-state index contributed by atoms with van der Waals surface area (Å²) in [6, 6.07) is 17.1. The Balaban J connectivity index is 1.35. The lowest BCUT2D eigenvalue weighted by atomic mass is 9.89. The van der Waals surface area contributed by atoms with Gasteiger partial charge in [-0.2, -0.15) is 0 Å². The van der Waals surface area contributed by atoms with Crippen LogP contribution in [0.1, 0.15) is 23.2 Å². The lowest BCUT2D eigenvalue weighted by molar-refractivity contribution is 0.0859. The molecular weight excluding hydrogens is 346 g/mol. The van der Waals surface area contributed by atoms with E-state index in [0.717, 1.165) is 15.8 Å². The Morgan fingerprint density at radius 2 is 1.69 bits per heavy atom. The van der Waals surface area contributed by atoms with E-state index in [2.05, 4.69) is 10.3 Å². The minimum absolute atomic E-state index is 0.0103. The van der Waals surface area contributed by atoms with Crippen molar-refractivity contribution in [3.63, 3.8) is 0 Å². The number of piperidine rings is 1. The highest BCUT2D eigenvalue weighted by Crippen LogP contribution is 2.26. The number of rotatable bonds is 3. The van der Waals surface area contributed by atoms with E-state index < -0.39 is 0 Å². The van der Waals surface area contributed by atoms with Crippen molar-refractivity contribution in [2.45, 2.75) is 12.8 Å². The van der Waals surface area contributed by atoms with E-state index in [9.17, 15) is 9.59 Å². The molecule has 0 aliphatic carbocycles. The normalized spacial score (nSPS) is 15.2. The molecule has 6 heteroatoms. The van der Waals surface area contributed by atoms with Crippen LogP contribution in [0.5, 0.6) is 0 Å². The smallest absolute Gasteiger partial charge is 0.323 e. The number of nitrogens with zero attached hydrogens (tertiary/aromatic N) is 2. The summed E-state index contributed by atoms with van der Waals surface area (Å²) in [5.41, 5.74) is 1.64. The van der Waals surface area contributed by atoms with Crippen molar-refractivity contribution in [2.75, 3.05) is 18.4 Å². The molecule has 1 aromatic heterocycles. The Morgan fingerprint density at radius 1 is 1.00 bits per heavy atom. The van der Waals surface area contributed by atoms with Gasteiger partial charge in [-0.3, -0.25) is 10.1 Å². The quantitative estimate of drug-likeness (QED) is 0.699. The fourth-order valence-electron chi connectivity index (χ4n) is 3.28. The predicted octanol–water partition coefficient (Wildman–Crippen LogP) is 4.42. The van der Waals surface area contributed by atoms with Gasteiger partial charge in [0.1, 0.15) is 0 Å². The summed E-state index contributed by atoms with van der Waals surface area (Å²) in [6.07, 6.45) is 1.39. The Bertz CT molecular complexity index is 897. The van der Waals surface area contributed by atoms with Crippen molar-refractivity contribution in [1.82, 2.24) is 9.88 Å². The fourth-order valence-corrected chi connectivity index (χ4v) is 4.13. The number of anilines is 1. The van der Waals surface area contributed by atoms with E-state index in [1.165, 1.54) is 11.3 Å². The molecule has 2 heterocycles. The Kier molecular flexibility index (Phi) is 4.67. The van der Waals surface area contributed by atoms with Crippen molar-refractivity contribution in [3.05, 3.63) is 60.2 Å². The average molecular weight is 365 g/mol. The SMILES string of the molecule is O=C(c1ccccc1)C1CCN(C(=O)Nc2nc3ccccc3s2)CC1. The summed E-state index contributed by atoms with van der Waals surface area (Å²) in [4.78, 5) is 31.2. The first-order chi connectivity index (χ1) is 12.7. The number of thiazole rings is 1. The van der Waals surface area contributed by atoms with Crippen LogP contribution in [0.3, 0.4) is 0 Å². The molecule has 1 aliphatic rings. The number of aromatic nitrogens is 1. The molecule has 1 N–H and O–H groups in total. The van der Waals surface area contributed by atoms with Crippen LogP contribution in [0.4, 0.5) is 9.93 Å². The molecule has 132 valence electrons. The maximum absolute atomic E-state index is 12.5. The third kappa shape index (κ3) is 3.46. The number of likely N-dealkylation sites (tertiary alicyclic amines) is 1. The first-order valence-corrected chi connectivity index (χ1v) is 9.53. The van der Waals surface area contributed by atoms with Gasteiger partial charge in [-0.1, -0.05) is 53.8 Å². The van der Waals surface area contributed by atoms with E-state index in [1.807, 2.05) is 54.6 Å². The molecule has 26 heavy (non-hydrogen) atoms. The molecular formula is C20H19N3O2S. The van der Waals surface area contributed by atoms with Crippen LogP contribution in [0.25, 0.3) is 10.2 Å². The monoisotopic (exact) mass is 365 g/mol. The van der Waals surface area contributed by atoms with Crippen LogP contribution in [-0.2, 0) is 0 Å². The van der Waals surface area contributed by atoms with Crippen LogP contribution < -0.4 is 5.32 Å². The number of Topliss-reactive ketones (excluding diaryl/α,β-unsaturated/α-hetero) is 1. The molecule has 1 fully saturated rings. The molecule has 5 nitrogen and oxygen atoms in total. The molecule has 2 aromatic carbocycles. The number of fused-ring (bicyclic) bond motifs is 1. The number of nitrogens with one attached hydrogen (secondary N) is 1. The van der Waals surface area contributed by atoms with E-state index in [0.29, 0.717) is 31.1 Å². The first kappa shape index (κ1) is 16.7. The largest absolute Gasteiger partial charge is 0.324 e. The van der Waals surface area contributed by atoms with Crippen molar-refractivity contribution < 1.29 is 9.59 Å².